The molecule has 0 aromatic carbocycles. The smallest absolute Gasteiger partial charge is 0.306 e. The predicted octanol–water partition coefficient (Wildman–Crippen LogP) is 1.78. The van der Waals surface area contributed by atoms with Crippen molar-refractivity contribution in [2.24, 2.45) is 7.05 Å². The Morgan fingerprint density at radius 3 is 2.38 bits per heavy atom. The van der Waals surface area contributed by atoms with Gasteiger partial charge in [-0.3, -0.25) is 4.57 Å². The fraction of sp³-hybridized carbons (Fsp3) is 0.300. The fourth-order valence-electron chi connectivity index (χ4n) is 1.21. The van der Waals surface area contributed by atoms with Crippen LogP contribution in [0.15, 0.2) is 16.9 Å². The SMILES string of the molecule is C/C=C\c1[nH]c(=O)n(C)c1/C=C\C. The molecule has 0 bridgehead atoms. The Hall–Kier alpha value is -1.51. The minimum absolute atomic E-state index is 0.0822. The molecule has 0 atom stereocenters. The summed E-state index contributed by atoms with van der Waals surface area (Å²) in [6.45, 7) is 3.85. The molecule has 0 saturated heterocycles. The van der Waals surface area contributed by atoms with Crippen molar-refractivity contribution in [2.75, 3.05) is 0 Å². The molecule has 0 spiro atoms. The van der Waals surface area contributed by atoms with E-state index in [0.717, 1.165) is 11.4 Å². The molecule has 3 nitrogen and oxygen atoms in total. The zero-order chi connectivity index (χ0) is 9.84. The van der Waals surface area contributed by atoms with E-state index < -0.39 is 0 Å². The maximum Gasteiger partial charge on any atom is 0.326 e. The summed E-state index contributed by atoms with van der Waals surface area (Å²) in [4.78, 5) is 14.0. The standard InChI is InChI=1S/C10H14N2O/c1-4-6-8-9(7-5-2)12(3)10(13)11-8/h4-7H,1-3H3,(H,11,13)/b6-4-,7-5-. The normalized spacial score (nSPS) is 11.9. The maximum atomic E-state index is 11.2. The molecule has 1 aromatic rings. The van der Waals surface area contributed by atoms with Crippen LogP contribution in [0, 0.1) is 0 Å². The molecule has 0 aliphatic carbocycles. The Labute approximate surface area is 77.4 Å². The van der Waals surface area contributed by atoms with Gasteiger partial charge in [-0.25, -0.2) is 4.79 Å². The van der Waals surface area contributed by atoms with E-state index in [1.54, 1.807) is 11.6 Å². The lowest BCUT2D eigenvalue weighted by Gasteiger charge is -1.94. The highest BCUT2D eigenvalue weighted by atomic mass is 16.1. The molecule has 0 aliphatic heterocycles. The summed E-state index contributed by atoms with van der Waals surface area (Å²) in [7, 11) is 1.75. The van der Waals surface area contributed by atoms with Gasteiger partial charge in [0.05, 0.1) is 11.4 Å². The van der Waals surface area contributed by atoms with Crippen LogP contribution in [0.25, 0.3) is 12.2 Å². The highest BCUT2D eigenvalue weighted by Crippen LogP contribution is 2.07. The van der Waals surface area contributed by atoms with Crippen molar-refractivity contribution in [3.8, 4) is 0 Å². The first kappa shape index (κ1) is 9.58. The van der Waals surface area contributed by atoms with Gasteiger partial charge in [-0.1, -0.05) is 12.2 Å². The van der Waals surface area contributed by atoms with Gasteiger partial charge in [0.15, 0.2) is 0 Å². The van der Waals surface area contributed by atoms with Gasteiger partial charge in [0, 0.05) is 7.05 Å². The molecule has 1 aromatic heterocycles. The van der Waals surface area contributed by atoms with Crippen LogP contribution in [0.1, 0.15) is 25.2 Å². The van der Waals surface area contributed by atoms with E-state index in [9.17, 15) is 4.79 Å². The van der Waals surface area contributed by atoms with E-state index in [1.807, 2.05) is 38.2 Å². The van der Waals surface area contributed by atoms with E-state index >= 15 is 0 Å². The number of rotatable bonds is 2. The van der Waals surface area contributed by atoms with Crippen molar-refractivity contribution < 1.29 is 0 Å². The Balaban J connectivity index is 3.34. The Morgan fingerprint density at radius 1 is 1.23 bits per heavy atom. The molecule has 0 amide bonds. The monoisotopic (exact) mass is 178 g/mol. The largest absolute Gasteiger partial charge is 0.326 e. The lowest BCUT2D eigenvalue weighted by atomic mass is 10.3. The number of nitrogens with one attached hydrogen (secondary N) is 1. The lowest BCUT2D eigenvalue weighted by molar-refractivity contribution is 0.853. The van der Waals surface area contributed by atoms with Crippen LogP contribution in [0.4, 0.5) is 0 Å². The second kappa shape index (κ2) is 3.94. The van der Waals surface area contributed by atoms with E-state index in [0.29, 0.717) is 0 Å². The van der Waals surface area contributed by atoms with E-state index in [-0.39, 0.29) is 5.69 Å². The fourth-order valence-corrected chi connectivity index (χ4v) is 1.21. The van der Waals surface area contributed by atoms with E-state index in [4.69, 9.17) is 0 Å². The molecular weight excluding hydrogens is 164 g/mol. The number of H-pyrrole nitrogens is 1. The van der Waals surface area contributed by atoms with E-state index in [1.165, 1.54) is 0 Å². The third-order valence-electron chi connectivity index (χ3n) is 1.84. The van der Waals surface area contributed by atoms with Crippen molar-refractivity contribution in [2.45, 2.75) is 13.8 Å². The number of aromatic nitrogens is 2. The second-order valence-corrected chi connectivity index (χ2v) is 2.79. The van der Waals surface area contributed by atoms with Gasteiger partial charge < -0.3 is 4.98 Å². The number of allylic oxidation sites excluding steroid dienone is 2. The van der Waals surface area contributed by atoms with Crippen LogP contribution in [0.2, 0.25) is 0 Å². The van der Waals surface area contributed by atoms with Crippen LogP contribution >= 0.6 is 0 Å². The van der Waals surface area contributed by atoms with Gasteiger partial charge >= 0.3 is 5.69 Å². The zero-order valence-electron chi connectivity index (χ0n) is 8.16. The Bertz CT molecular complexity index is 394. The number of hydrogen-bond donors (Lipinski definition) is 1. The first-order valence-corrected chi connectivity index (χ1v) is 4.25. The molecule has 0 radical (unpaired) electrons. The topological polar surface area (TPSA) is 37.8 Å². The molecule has 1 rings (SSSR count). The van der Waals surface area contributed by atoms with E-state index in [2.05, 4.69) is 4.98 Å². The van der Waals surface area contributed by atoms with Gasteiger partial charge in [-0.15, -0.1) is 0 Å². The van der Waals surface area contributed by atoms with Crippen molar-refractivity contribution >= 4 is 12.2 Å². The molecule has 1 heterocycles. The molecule has 1 N–H and O–H groups in total. The molecule has 0 unspecified atom stereocenters. The third kappa shape index (κ3) is 1.80. The summed E-state index contributed by atoms with van der Waals surface area (Å²) in [5, 5.41) is 0. The highest BCUT2D eigenvalue weighted by Gasteiger charge is 2.04. The molecule has 0 fully saturated rings. The molecule has 13 heavy (non-hydrogen) atoms. The summed E-state index contributed by atoms with van der Waals surface area (Å²) in [6.07, 6.45) is 7.61. The molecule has 3 heteroatoms. The van der Waals surface area contributed by atoms with Crippen LogP contribution in [-0.2, 0) is 7.05 Å². The predicted molar refractivity (Wildman–Crippen MR) is 55.4 cm³/mol. The third-order valence-corrected chi connectivity index (χ3v) is 1.84. The first-order valence-electron chi connectivity index (χ1n) is 4.25. The molecular formula is C10H14N2O. The van der Waals surface area contributed by atoms with Crippen molar-refractivity contribution in [1.29, 1.82) is 0 Å². The number of imidazole rings is 1. The second-order valence-electron chi connectivity index (χ2n) is 2.79. The number of hydrogen-bond acceptors (Lipinski definition) is 1. The average Bonchev–Trinajstić information content (AvgIpc) is 2.34. The first-order chi connectivity index (χ1) is 6.20. The Kier molecular flexibility index (Phi) is 2.90. The van der Waals surface area contributed by atoms with Gasteiger partial charge in [-0.05, 0) is 26.0 Å². The van der Waals surface area contributed by atoms with Crippen LogP contribution in [0.5, 0.6) is 0 Å². The van der Waals surface area contributed by atoms with Crippen molar-refractivity contribution in [3.05, 3.63) is 34.0 Å². The molecule has 0 saturated carbocycles. The Morgan fingerprint density at radius 2 is 1.85 bits per heavy atom. The molecule has 70 valence electrons. The quantitative estimate of drug-likeness (QED) is 0.736. The summed E-state index contributed by atoms with van der Waals surface area (Å²) in [6, 6.07) is 0. The number of nitrogens with zero attached hydrogens (tertiary/aromatic N) is 1. The van der Waals surface area contributed by atoms with Gasteiger partial charge in [-0.2, -0.15) is 0 Å². The van der Waals surface area contributed by atoms with Crippen LogP contribution < -0.4 is 5.69 Å². The zero-order valence-corrected chi connectivity index (χ0v) is 8.16. The van der Waals surface area contributed by atoms with Gasteiger partial charge in [0.25, 0.3) is 0 Å². The van der Waals surface area contributed by atoms with Gasteiger partial charge in [0.2, 0.25) is 0 Å². The van der Waals surface area contributed by atoms with Gasteiger partial charge in [0.1, 0.15) is 0 Å². The summed E-state index contributed by atoms with van der Waals surface area (Å²) in [5.74, 6) is 0. The van der Waals surface area contributed by atoms with Crippen molar-refractivity contribution in [1.82, 2.24) is 9.55 Å². The maximum absolute atomic E-state index is 11.2. The minimum Gasteiger partial charge on any atom is -0.306 e. The average molecular weight is 178 g/mol. The summed E-state index contributed by atoms with van der Waals surface area (Å²) < 4.78 is 1.59. The van der Waals surface area contributed by atoms with Crippen LogP contribution in [0.3, 0.4) is 0 Å². The highest BCUT2D eigenvalue weighted by molar-refractivity contribution is 5.59. The lowest BCUT2D eigenvalue weighted by Crippen LogP contribution is -2.13. The summed E-state index contributed by atoms with van der Waals surface area (Å²) >= 11 is 0. The molecule has 0 aliphatic rings. The van der Waals surface area contributed by atoms with Crippen molar-refractivity contribution in [3.63, 3.8) is 0 Å². The summed E-state index contributed by atoms with van der Waals surface area (Å²) in [5.41, 5.74) is 1.68. The number of aromatic amines is 1. The van der Waals surface area contributed by atoms with Crippen LogP contribution in [-0.4, -0.2) is 9.55 Å². The minimum atomic E-state index is -0.0822.